The second kappa shape index (κ2) is 6.04. The smallest absolute Gasteiger partial charge is 0.230 e. The lowest BCUT2D eigenvalue weighted by Crippen LogP contribution is -2.28. The molecule has 0 aliphatic carbocycles. The molecule has 0 bridgehead atoms. The molecular weight excluding hydrogens is 344 g/mol. The number of carbonyl (C=O) groups is 1. The number of aromatic nitrogens is 7. The average molecular weight is 362 g/mol. The van der Waals surface area contributed by atoms with E-state index in [4.69, 9.17) is 4.98 Å². The van der Waals surface area contributed by atoms with Crippen LogP contribution >= 0.6 is 0 Å². The minimum absolute atomic E-state index is 0.0584. The molecule has 1 amide bonds. The minimum Gasteiger partial charge on any atom is -0.353 e. The molecule has 0 unspecified atom stereocenters. The molecule has 27 heavy (non-hydrogen) atoms. The van der Waals surface area contributed by atoms with Crippen molar-refractivity contribution in [3.05, 3.63) is 42.0 Å². The lowest BCUT2D eigenvalue weighted by molar-refractivity contribution is -0.119. The maximum atomic E-state index is 11.6. The Morgan fingerprint density at radius 1 is 1.26 bits per heavy atom. The number of aryl methyl sites for hydroxylation is 1. The number of hydrogen-bond acceptors (Lipinski definition) is 5. The number of H-pyrrole nitrogens is 2. The van der Waals surface area contributed by atoms with E-state index in [1.165, 1.54) is 0 Å². The van der Waals surface area contributed by atoms with E-state index in [2.05, 4.69) is 30.6 Å². The van der Waals surface area contributed by atoms with Gasteiger partial charge < -0.3 is 10.3 Å². The van der Waals surface area contributed by atoms with E-state index >= 15 is 0 Å². The van der Waals surface area contributed by atoms with Gasteiger partial charge in [0.2, 0.25) is 11.9 Å². The van der Waals surface area contributed by atoms with Crippen molar-refractivity contribution >= 4 is 16.9 Å². The standard InChI is InChI=1S/C18H18N8O/c1-10-12(9-19-24-10)17-23-15(8-11-6-7-16(27)20-11)26(25-17)18-21-13-4-2-3-5-14(13)22-18/h2-5,9,11H,6-8H2,1H3,(H,19,24)(H,20,27)(H,21,22)/t11-/m1/s1. The Morgan fingerprint density at radius 2 is 2.15 bits per heavy atom. The summed E-state index contributed by atoms with van der Waals surface area (Å²) in [5.74, 6) is 2.02. The molecule has 4 aromatic rings. The molecule has 1 fully saturated rings. The van der Waals surface area contributed by atoms with Crippen LogP contribution in [-0.4, -0.2) is 46.9 Å². The molecular formula is C18H18N8O. The summed E-state index contributed by atoms with van der Waals surface area (Å²) < 4.78 is 1.73. The summed E-state index contributed by atoms with van der Waals surface area (Å²) in [6.07, 6.45) is 3.66. The van der Waals surface area contributed by atoms with Crippen molar-refractivity contribution in [2.45, 2.75) is 32.2 Å². The Balaban J connectivity index is 1.60. The molecule has 1 aliphatic heterocycles. The van der Waals surface area contributed by atoms with Gasteiger partial charge in [-0.3, -0.25) is 9.89 Å². The fourth-order valence-electron chi connectivity index (χ4n) is 3.43. The first kappa shape index (κ1) is 15.7. The molecule has 9 heteroatoms. The van der Waals surface area contributed by atoms with Gasteiger partial charge in [0.1, 0.15) is 5.82 Å². The van der Waals surface area contributed by atoms with Crippen LogP contribution in [0.1, 0.15) is 24.4 Å². The number of benzene rings is 1. The molecule has 1 saturated heterocycles. The number of para-hydroxylation sites is 2. The molecule has 9 nitrogen and oxygen atoms in total. The molecule has 5 rings (SSSR count). The van der Waals surface area contributed by atoms with E-state index in [-0.39, 0.29) is 11.9 Å². The van der Waals surface area contributed by atoms with Crippen molar-refractivity contribution in [1.29, 1.82) is 0 Å². The van der Waals surface area contributed by atoms with Crippen molar-refractivity contribution in [2.75, 3.05) is 0 Å². The minimum atomic E-state index is 0.0584. The molecule has 1 atom stereocenters. The highest BCUT2D eigenvalue weighted by Crippen LogP contribution is 2.22. The zero-order valence-corrected chi connectivity index (χ0v) is 14.7. The van der Waals surface area contributed by atoms with Gasteiger partial charge in [-0.05, 0) is 25.5 Å². The van der Waals surface area contributed by atoms with E-state index in [0.29, 0.717) is 24.6 Å². The van der Waals surface area contributed by atoms with Gasteiger partial charge in [-0.2, -0.15) is 9.78 Å². The molecule has 3 N–H and O–H groups in total. The van der Waals surface area contributed by atoms with Crippen molar-refractivity contribution in [1.82, 2.24) is 40.2 Å². The van der Waals surface area contributed by atoms with Crippen LogP contribution in [0.15, 0.2) is 30.5 Å². The number of amides is 1. The Bertz CT molecular complexity index is 1100. The summed E-state index contributed by atoms with van der Waals surface area (Å²) in [5, 5.41) is 14.7. The van der Waals surface area contributed by atoms with Crippen molar-refractivity contribution in [3.63, 3.8) is 0 Å². The zero-order valence-electron chi connectivity index (χ0n) is 14.7. The Morgan fingerprint density at radius 3 is 2.89 bits per heavy atom. The third-order valence-corrected chi connectivity index (χ3v) is 4.84. The number of aromatic amines is 2. The number of carbonyl (C=O) groups excluding carboxylic acids is 1. The molecule has 0 spiro atoms. The van der Waals surface area contributed by atoms with Crippen LogP contribution in [0.4, 0.5) is 0 Å². The van der Waals surface area contributed by atoms with Crippen molar-refractivity contribution in [2.24, 2.45) is 0 Å². The second-order valence-corrected chi connectivity index (χ2v) is 6.76. The van der Waals surface area contributed by atoms with Gasteiger partial charge >= 0.3 is 0 Å². The molecule has 3 aromatic heterocycles. The highest BCUT2D eigenvalue weighted by atomic mass is 16.1. The lowest BCUT2D eigenvalue weighted by atomic mass is 10.1. The monoisotopic (exact) mass is 362 g/mol. The largest absolute Gasteiger partial charge is 0.353 e. The summed E-state index contributed by atoms with van der Waals surface area (Å²) in [6.45, 7) is 1.93. The van der Waals surface area contributed by atoms with Crippen LogP contribution in [0, 0.1) is 6.92 Å². The van der Waals surface area contributed by atoms with Gasteiger partial charge in [0.25, 0.3) is 0 Å². The Kier molecular flexibility index (Phi) is 3.52. The van der Waals surface area contributed by atoms with Crippen LogP contribution in [0.2, 0.25) is 0 Å². The van der Waals surface area contributed by atoms with Gasteiger partial charge in [-0.25, -0.2) is 9.97 Å². The molecule has 1 aliphatic rings. The van der Waals surface area contributed by atoms with Gasteiger partial charge in [0.05, 0.1) is 22.8 Å². The van der Waals surface area contributed by atoms with Crippen LogP contribution in [0.3, 0.4) is 0 Å². The Labute approximate surface area is 154 Å². The third kappa shape index (κ3) is 2.77. The van der Waals surface area contributed by atoms with Crippen LogP contribution in [-0.2, 0) is 11.2 Å². The van der Waals surface area contributed by atoms with Gasteiger partial charge in [0.15, 0.2) is 5.82 Å². The van der Waals surface area contributed by atoms with E-state index in [0.717, 1.165) is 34.5 Å². The SMILES string of the molecule is Cc1[nH]ncc1-c1nc(C[C@H]2CCC(=O)N2)n(-c2nc3ccccc3[nH]2)n1. The molecule has 1 aromatic carbocycles. The summed E-state index contributed by atoms with van der Waals surface area (Å²) in [5.41, 5.74) is 3.55. The first-order valence-electron chi connectivity index (χ1n) is 8.88. The quantitative estimate of drug-likeness (QED) is 0.510. The summed E-state index contributed by atoms with van der Waals surface area (Å²) in [4.78, 5) is 24.2. The molecule has 0 saturated carbocycles. The van der Waals surface area contributed by atoms with Gasteiger partial charge in [-0.1, -0.05) is 12.1 Å². The van der Waals surface area contributed by atoms with Crippen molar-refractivity contribution in [3.8, 4) is 17.3 Å². The number of hydrogen-bond donors (Lipinski definition) is 3. The predicted molar refractivity (Wildman–Crippen MR) is 98.2 cm³/mol. The first-order valence-corrected chi connectivity index (χ1v) is 8.88. The zero-order chi connectivity index (χ0) is 18.4. The number of imidazole rings is 1. The average Bonchev–Trinajstić information content (AvgIpc) is 3.41. The molecule has 4 heterocycles. The Hall–Kier alpha value is -3.49. The van der Waals surface area contributed by atoms with Crippen LogP contribution in [0.25, 0.3) is 28.4 Å². The number of nitrogens with zero attached hydrogens (tertiary/aromatic N) is 5. The molecule has 136 valence electrons. The third-order valence-electron chi connectivity index (χ3n) is 4.84. The van der Waals surface area contributed by atoms with Crippen molar-refractivity contribution < 1.29 is 4.79 Å². The number of nitrogens with one attached hydrogen (secondary N) is 3. The lowest BCUT2D eigenvalue weighted by Gasteiger charge is -2.09. The second-order valence-electron chi connectivity index (χ2n) is 6.76. The highest BCUT2D eigenvalue weighted by molar-refractivity contribution is 5.78. The maximum absolute atomic E-state index is 11.6. The summed E-state index contributed by atoms with van der Waals surface area (Å²) in [7, 11) is 0. The van der Waals surface area contributed by atoms with Crippen LogP contribution < -0.4 is 5.32 Å². The van der Waals surface area contributed by atoms with E-state index < -0.39 is 0 Å². The fraction of sp³-hybridized carbons (Fsp3) is 0.278. The number of rotatable bonds is 4. The van der Waals surface area contributed by atoms with Gasteiger partial charge in [-0.15, -0.1) is 5.10 Å². The van der Waals surface area contributed by atoms with E-state index in [9.17, 15) is 4.79 Å². The van der Waals surface area contributed by atoms with Gasteiger partial charge in [0, 0.05) is 24.6 Å². The normalized spacial score (nSPS) is 16.9. The van der Waals surface area contributed by atoms with Crippen LogP contribution in [0.5, 0.6) is 0 Å². The predicted octanol–water partition coefficient (Wildman–Crippen LogP) is 1.66. The van der Waals surface area contributed by atoms with E-state index in [1.807, 2.05) is 31.2 Å². The topological polar surface area (TPSA) is 117 Å². The maximum Gasteiger partial charge on any atom is 0.230 e. The summed E-state index contributed by atoms with van der Waals surface area (Å²) >= 11 is 0. The summed E-state index contributed by atoms with van der Waals surface area (Å²) in [6, 6.07) is 7.89. The molecule has 0 radical (unpaired) electrons. The van der Waals surface area contributed by atoms with E-state index in [1.54, 1.807) is 10.9 Å². The number of fused-ring (bicyclic) bond motifs is 1. The first-order chi connectivity index (χ1) is 13.2. The highest BCUT2D eigenvalue weighted by Gasteiger charge is 2.25. The fourth-order valence-corrected chi connectivity index (χ4v) is 3.43.